The molecule has 0 saturated carbocycles. The topological polar surface area (TPSA) is 71.9 Å². The van der Waals surface area contributed by atoms with Gasteiger partial charge in [-0.3, -0.25) is 9.89 Å². The predicted octanol–water partition coefficient (Wildman–Crippen LogP) is 1.03. The van der Waals surface area contributed by atoms with Crippen molar-refractivity contribution in [1.82, 2.24) is 30.4 Å². The van der Waals surface area contributed by atoms with E-state index in [1.165, 1.54) is 38.9 Å². The lowest BCUT2D eigenvalue weighted by molar-refractivity contribution is 0.206. The highest BCUT2D eigenvalue weighted by Gasteiger charge is 2.20. The van der Waals surface area contributed by atoms with Crippen molar-refractivity contribution in [3.63, 3.8) is 0 Å². The largest absolute Gasteiger partial charge is 0.356 e. The highest BCUT2D eigenvalue weighted by atomic mass is 15.3. The number of piperidine rings is 1. The van der Waals surface area contributed by atoms with Gasteiger partial charge in [0.1, 0.15) is 0 Å². The fourth-order valence-corrected chi connectivity index (χ4v) is 4.14. The van der Waals surface area contributed by atoms with E-state index in [1.807, 2.05) is 25.5 Å². The Bertz CT molecular complexity index is 592. The van der Waals surface area contributed by atoms with E-state index in [0.717, 1.165) is 57.6 Å². The SMILES string of the molecule is CCCN1CCC(NC(=NC)NCCCN2CCN(c3ncccn3)CC2)CC1. The van der Waals surface area contributed by atoms with Crippen molar-refractivity contribution in [3.8, 4) is 0 Å². The molecule has 2 saturated heterocycles. The van der Waals surface area contributed by atoms with Gasteiger partial charge in [-0.1, -0.05) is 6.92 Å². The molecule has 0 atom stereocenters. The smallest absolute Gasteiger partial charge is 0.225 e. The third-order valence-corrected chi connectivity index (χ3v) is 5.84. The quantitative estimate of drug-likeness (QED) is 0.382. The lowest BCUT2D eigenvalue weighted by atomic mass is 10.1. The fourth-order valence-electron chi connectivity index (χ4n) is 4.14. The number of nitrogens with zero attached hydrogens (tertiary/aromatic N) is 6. The molecule has 2 aliphatic rings. The molecule has 2 aliphatic heterocycles. The van der Waals surface area contributed by atoms with Gasteiger partial charge in [-0.2, -0.15) is 0 Å². The summed E-state index contributed by atoms with van der Waals surface area (Å²) >= 11 is 0. The Kier molecular flexibility index (Phi) is 8.95. The van der Waals surface area contributed by atoms with Gasteiger partial charge in [0.15, 0.2) is 5.96 Å². The van der Waals surface area contributed by atoms with E-state index in [1.54, 1.807) is 0 Å². The number of nitrogens with one attached hydrogen (secondary N) is 2. The first-order valence-electron chi connectivity index (χ1n) is 11.2. The van der Waals surface area contributed by atoms with E-state index in [4.69, 9.17) is 0 Å². The van der Waals surface area contributed by atoms with E-state index in [2.05, 4.69) is 47.2 Å². The van der Waals surface area contributed by atoms with E-state index < -0.39 is 0 Å². The number of aliphatic imine (C=N–C) groups is 1. The van der Waals surface area contributed by atoms with Gasteiger partial charge in [-0.05, 0) is 44.8 Å². The Morgan fingerprint density at radius 2 is 1.72 bits per heavy atom. The number of hydrogen-bond acceptors (Lipinski definition) is 6. The molecule has 3 rings (SSSR count). The highest BCUT2D eigenvalue weighted by Crippen LogP contribution is 2.11. The number of likely N-dealkylation sites (tertiary alicyclic amines) is 1. The molecule has 0 amide bonds. The standard InChI is InChI=1S/C21H38N8/c1-3-11-27-13-6-19(7-14-27)26-20(22-2)23-10-5-12-28-15-17-29(18-16-28)21-24-8-4-9-25-21/h4,8-9,19H,3,5-7,10-18H2,1-2H3,(H2,22,23,26). The van der Waals surface area contributed by atoms with Gasteiger partial charge in [0, 0.05) is 71.3 Å². The molecule has 1 aromatic heterocycles. The zero-order valence-corrected chi connectivity index (χ0v) is 18.2. The molecule has 0 spiro atoms. The van der Waals surface area contributed by atoms with E-state index >= 15 is 0 Å². The summed E-state index contributed by atoms with van der Waals surface area (Å²) in [6, 6.07) is 2.41. The summed E-state index contributed by atoms with van der Waals surface area (Å²) in [5.41, 5.74) is 0. The molecule has 0 radical (unpaired) electrons. The minimum absolute atomic E-state index is 0.544. The first kappa shape index (κ1) is 21.8. The molecule has 1 aromatic rings. The second kappa shape index (κ2) is 11.9. The first-order chi connectivity index (χ1) is 14.3. The molecule has 3 heterocycles. The maximum atomic E-state index is 4.41. The summed E-state index contributed by atoms with van der Waals surface area (Å²) in [6.45, 7) is 12.1. The summed E-state index contributed by atoms with van der Waals surface area (Å²) in [5.74, 6) is 1.80. The van der Waals surface area contributed by atoms with Crippen LogP contribution in [0.15, 0.2) is 23.5 Å². The monoisotopic (exact) mass is 402 g/mol. The molecule has 162 valence electrons. The van der Waals surface area contributed by atoms with Gasteiger partial charge in [0.2, 0.25) is 5.95 Å². The van der Waals surface area contributed by atoms with Crippen LogP contribution in [-0.2, 0) is 0 Å². The Morgan fingerprint density at radius 1 is 1.03 bits per heavy atom. The molecule has 29 heavy (non-hydrogen) atoms. The highest BCUT2D eigenvalue weighted by molar-refractivity contribution is 5.79. The molecule has 0 aromatic carbocycles. The van der Waals surface area contributed by atoms with Crippen molar-refractivity contribution in [2.24, 2.45) is 4.99 Å². The number of aromatic nitrogens is 2. The summed E-state index contributed by atoms with van der Waals surface area (Å²) in [7, 11) is 1.87. The van der Waals surface area contributed by atoms with Gasteiger partial charge in [-0.15, -0.1) is 0 Å². The van der Waals surface area contributed by atoms with Crippen molar-refractivity contribution >= 4 is 11.9 Å². The zero-order valence-electron chi connectivity index (χ0n) is 18.2. The van der Waals surface area contributed by atoms with Crippen LogP contribution in [0.4, 0.5) is 5.95 Å². The van der Waals surface area contributed by atoms with Crippen LogP contribution in [0.5, 0.6) is 0 Å². The zero-order chi connectivity index (χ0) is 20.3. The van der Waals surface area contributed by atoms with Crippen molar-refractivity contribution in [2.75, 3.05) is 70.9 Å². The lowest BCUT2D eigenvalue weighted by Crippen LogP contribution is -2.49. The Labute approximate surface area is 175 Å². The van der Waals surface area contributed by atoms with Crippen molar-refractivity contribution < 1.29 is 0 Å². The van der Waals surface area contributed by atoms with Crippen LogP contribution in [0, 0.1) is 0 Å². The average molecular weight is 403 g/mol. The predicted molar refractivity (Wildman–Crippen MR) is 120 cm³/mol. The molecular weight excluding hydrogens is 364 g/mol. The second-order valence-electron chi connectivity index (χ2n) is 7.99. The second-order valence-corrected chi connectivity index (χ2v) is 7.99. The number of guanidine groups is 1. The van der Waals surface area contributed by atoms with Gasteiger partial charge in [0.25, 0.3) is 0 Å². The maximum Gasteiger partial charge on any atom is 0.225 e. The molecule has 8 heteroatoms. The molecule has 2 N–H and O–H groups in total. The van der Waals surface area contributed by atoms with Crippen LogP contribution in [-0.4, -0.2) is 97.7 Å². The molecule has 2 fully saturated rings. The maximum absolute atomic E-state index is 4.41. The van der Waals surface area contributed by atoms with Gasteiger partial charge in [-0.25, -0.2) is 9.97 Å². The molecule has 8 nitrogen and oxygen atoms in total. The van der Waals surface area contributed by atoms with Gasteiger partial charge < -0.3 is 20.4 Å². The lowest BCUT2D eigenvalue weighted by Gasteiger charge is -2.34. The van der Waals surface area contributed by atoms with E-state index in [9.17, 15) is 0 Å². The normalized spacial score (nSPS) is 20.1. The molecular formula is C21H38N8. The minimum atomic E-state index is 0.544. The third kappa shape index (κ3) is 7.12. The van der Waals surface area contributed by atoms with Crippen LogP contribution in [0.3, 0.4) is 0 Å². The Balaban J connectivity index is 1.27. The van der Waals surface area contributed by atoms with Crippen LogP contribution in [0.1, 0.15) is 32.6 Å². The van der Waals surface area contributed by atoms with Gasteiger partial charge >= 0.3 is 0 Å². The molecule has 0 unspecified atom stereocenters. The number of anilines is 1. The van der Waals surface area contributed by atoms with Gasteiger partial charge in [0.05, 0.1) is 0 Å². The van der Waals surface area contributed by atoms with Crippen molar-refractivity contribution in [3.05, 3.63) is 18.5 Å². The first-order valence-corrected chi connectivity index (χ1v) is 11.2. The van der Waals surface area contributed by atoms with Crippen molar-refractivity contribution in [1.29, 1.82) is 0 Å². The van der Waals surface area contributed by atoms with E-state index in [0.29, 0.717) is 6.04 Å². The van der Waals surface area contributed by atoms with Crippen molar-refractivity contribution in [2.45, 2.75) is 38.6 Å². The van der Waals surface area contributed by atoms with E-state index in [-0.39, 0.29) is 0 Å². The number of rotatable bonds is 8. The third-order valence-electron chi connectivity index (χ3n) is 5.84. The summed E-state index contributed by atoms with van der Waals surface area (Å²) < 4.78 is 0. The van der Waals surface area contributed by atoms with Crippen LogP contribution in [0.2, 0.25) is 0 Å². The van der Waals surface area contributed by atoms with Crippen LogP contribution >= 0.6 is 0 Å². The minimum Gasteiger partial charge on any atom is -0.356 e. The summed E-state index contributed by atoms with van der Waals surface area (Å²) in [4.78, 5) is 20.5. The summed E-state index contributed by atoms with van der Waals surface area (Å²) in [6.07, 6.45) is 8.41. The Hall–Kier alpha value is -1.93. The number of piperazine rings is 1. The Morgan fingerprint density at radius 3 is 2.38 bits per heavy atom. The van der Waals surface area contributed by atoms with Crippen LogP contribution in [0.25, 0.3) is 0 Å². The number of hydrogen-bond donors (Lipinski definition) is 2. The summed E-state index contributed by atoms with van der Waals surface area (Å²) in [5, 5.41) is 7.10. The van der Waals surface area contributed by atoms with Crippen LogP contribution < -0.4 is 15.5 Å². The average Bonchev–Trinajstić information content (AvgIpc) is 2.78. The fraction of sp³-hybridized carbons (Fsp3) is 0.762. The molecule has 0 aliphatic carbocycles. The molecule has 0 bridgehead atoms.